The van der Waals surface area contributed by atoms with Crippen LogP contribution in [0.1, 0.15) is 31.4 Å². The topological polar surface area (TPSA) is 29.5 Å². The largest absolute Gasteiger partial charge is 0.507 e. The second-order valence-corrected chi connectivity index (χ2v) is 6.28. The van der Waals surface area contributed by atoms with E-state index in [0.29, 0.717) is 5.75 Å². The lowest BCUT2D eigenvalue weighted by Gasteiger charge is -2.34. The number of phenols is 1. The van der Waals surface area contributed by atoms with Gasteiger partial charge in [-0.05, 0) is 50.5 Å². The van der Waals surface area contributed by atoms with E-state index in [1.165, 1.54) is 10.5 Å². The van der Waals surface area contributed by atoms with E-state index in [4.69, 9.17) is 4.74 Å². The molecule has 17 heavy (non-hydrogen) atoms. The van der Waals surface area contributed by atoms with Crippen LogP contribution in [0.4, 0.5) is 0 Å². The molecule has 0 atom stereocenters. The summed E-state index contributed by atoms with van der Waals surface area (Å²) >= 11 is 1.85. The van der Waals surface area contributed by atoms with Crippen molar-refractivity contribution in [1.82, 2.24) is 0 Å². The van der Waals surface area contributed by atoms with Crippen LogP contribution >= 0.6 is 11.8 Å². The van der Waals surface area contributed by atoms with Crippen molar-refractivity contribution in [2.24, 2.45) is 0 Å². The summed E-state index contributed by atoms with van der Waals surface area (Å²) in [5.74, 6) is 2.27. The van der Waals surface area contributed by atoms with Gasteiger partial charge in [-0.15, -0.1) is 11.8 Å². The Morgan fingerprint density at radius 3 is 2.88 bits per heavy atom. The zero-order valence-electron chi connectivity index (χ0n) is 10.3. The van der Waals surface area contributed by atoms with Crippen molar-refractivity contribution in [1.29, 1.82) is 0 Å². The predicted octanol–water partition coefficient (Wildman–Crippen LogP) is 3.72. The van der Waals surface area contributed by atoms with E-state index >= 15 is 0 Å². The van der Waals surface area contributed by atoms with Crippen molar-refractivity contribution < 1.29 is 9.84 Å². The number of aryl methyl sites for hydroxylation is 1. The first-order valence-electron chi connectivity index (χ1n) is 5.88. The fourth-order valence-corrected chi connectivity index (χ4v) is 3.95. The monoisotopic (exact) mass is 248 g/mol. The Morgan fingerprint density at radius 1 is 1.35 bits per heavy atom. The standard InChI is InChI=1S/C14H16O2S/c1-8-6-10(15)12-9-4-5-17-13(9)14(2,3)16-11(12)7-8/h6-7,15H,4-5H2,1-3H3. The highest BCUT2D eigenvalue weighted by molar-refractivity contribution is 8.03. The van der Waals surface area contributed by atoms with E-state index in [2.05, 4.69) is 13.8 Å². The summed E-state index contributed by atoms with van der Waals surface area (Å²) in [6.07, 6.45) is 1.02. The molecule has 1 aromatic rings. The molecule has 0 bridgehead atoms. The minimum absolute atomic E-state index is 0.260. The van der Waals surface area contributed by atoms with Crippen molar-refractivity contribution in [2.75, 3.05) is 5.75 Å². The maximum atomic E-state index is 10.1. The first-order chi connectivity index (χ1) is 7.99. The van der Waals surface area contributed by atoms with E-state index in [9.17, 15) is 5.11 Å². The van der Waals surface area contributed by atoms with Crippen LogP contribution < -0.4 is 4.74 Å². The lowest BCUT2D eigenvalue weighted by Crippen LogP contribution is -2.32. The molecule has 2 nitrogen and oxygen atoms in total. The van der Waals surface area contributed by atoms with Crippen LogP contribution in [0, 0.1) is 6.92 Å². The normalized spacial score (nSPS) is 20.9. The van der Waals surface area contributed by atoms with Crippen LogP contribution in [-0.4, -0.2) is 16.5 Å². The van der Waals surface area contributed by atoms with Gasteiger partial charge in [0, 0.05) is 10.7 Å². The maximum Gasteiger partial charge on any atom is 0.134 e. The molecule has 0 amide bonds. The lowest BCUT2D eigenvalue weighted by atomic mass is 9.91. The molecule has 0 aliphatic carbocycles. The number of thioether (sulfide) groups is 1. The molecule has 2 aliphatic rings. The number of allylic oxidation sites excluding steroid dienone is 1. The van der Waals surface area contributed by atoms with Crippen LogP contribution in [0.25, 0.3) is 5.57 Å². The Morgan fingerprint density at radius 2 is 2.12 bits per heavy atom. The zero-order chi connectivity index (χ0) is 12.2. The average molecular weight is 248 g/mol. The number of benzene rings is 1. The molecule has 3 rings (SSSR count). The number of aromatic hydroxyl groups is 1. The Labute approximate surface area is 106 Å². The predicted molar refractivity (Wildman–Crippen MR) is 71.5 cm³/mol. The van der Waals surface area contributed by atoms with E-state index < -0.39 is 0 Å². The summed E-state index contributed by atoms with van der Waals surface area (Å²) in [5, 5.41) is 10.1. The number of hydrogen-bond acceptors (Lipinski definition) is 3. The molecule has 2 aliphatic heterocycles. The second kappa shape index (κ2) is 3.45. The Kier molecular flexibility index (Phi) is 2.24. The molecule has 0 aromatic heterocycles. The molecule has 3 heteroatoms. The number of phenolic OH excluding ortho intramolecular Hbond substituents is 1. The number of hydrogen-bond donors (Lipinski definition) is 1. The van der Waals surface area contributed by atoms with Crippen molar-refractivity contribution >= 4 is 17.3 Å². The van der Waals surface area contributed by atoms with Gasteiger partial charge < -0.3 is 9.84 Å². The van der Waals surface area contributed by atoms with Gasteiger partial charge in [-0.25, -0.2) is 0 Å². The summed E-state index contributed by atoms with van der Waals surface area (Å²) in [7, 11) is 0. The minimum Gasteiger partial charge on any atom is -0.507 e. The van der Waals surface area contributed by atoms with Crippen molar-refractivity contribution in [2.45, 2.75) is 32.8 Å². The van der Waals surface area contributed by atoms with Crippen LogP contribution in [0.15, 0.2) is 17.0 Å². The molecular weight excluding hydrogens is 232 g/mol. The summed E-state index contributed by atoms with van der Waals surface area (Å²) in [5.41, 5.74) is 2.96. The Hall–Kier alpha value is -1.09. The van der Waals surface area contributed by atoms with Gasteiger partial charge in [0.05, 0.1) is 5.56 Å². The third-order valence-electron chi connectivity index (χ3n) is 3.31. The molecule has 0 saturated heterocycles. The number of ether oxygens (including phenoxy) is 1. The summed E-state index contributed by atoms with van der Waals surface area (Å²) in [6.45, 7) is 6.18. The highest BCUT2D eigenvalue weighted by Gasteiger charge is 2.39. The highest BCUT2D eigenvalue weighted by Crippen LogP contribution is 2.53. The fraction of sp³-hybridized carbons (Fsp3) is 0.429. The highest BCUT2D eigenvalue weighted by atomic mass is 32.2. The van der Waals surface area contributed by atoms with Gasteiger partial charge in [-0.3, -0.25) is 0 Å². The van der Waals surface area contributed by atoms with Crippen molar-refractivity contribution in [3.63, 3.8) is 0 Å². The summed E-state index contributed by atoms with van der Waals surface area (Å²) in [4.78, 5) is 1.28. The minimum atomic E-state index is -0.260. The van der Waals surface area contributed by atoms with Crippen LogP contribution in [-0.2, 0) is 0 Å². The van der Waals surface area contributed by atoms with Gasteiger partial charge in [-0.2, -0.15) is 0 Å². The Bertz CT molecular complexity index is 529. The molecule has 0 fully saturated rings. The SMILES string of the molecule is Cc1cc(O)c2c(c1)OC(C)(C)C1=C2CCS1. The van der Waals surface area contributed by atoms with Gasteiger partial charge in [0.25, 0.3) is 0 Å². The summed E-state index contributed by atoms with van der Waals surface area (Å²) in [6, 6.07) is 3.83. The molecule has 0 radical (unpaired) electrons. The van der Waals surface area contributed by atoms with Gasteiger partial charge in [0.15, 0.2) is 0 Å². The molecule has 0 saturated carbocycles. The van der Waals surface area contributed by atoms with Gasteiger partial charge >= 0.3 is 0 Å². The molecule has 0 unspecified atom stereocenters. The first kappa shape index (κ1) is 11.0. The number of rotatable bonds is 0. The van der Waals surface area contributed by atoms with Gasteiger partial charge in [0.2, 0.25) is 0 Å². The lowest BCUT2D eigenvalue weighted by molar-refractivity contribution is 0.153. The van der Waals surface area contributed by atoms with Crippen LogP contribution in [0.5, 0.6) is 11.5 Å². The molecule has 1 N–H and O–H groups in total. The smallest absolute Gasteiger partial charge is 0.134 e. The van der Waals surface area contributed by atoms with Crippen LogP contribution in [0.3, 0.4) is 0 Å². The van der Waals surface area contributed by atoms with Crippen LogP contribution in [0.2, 0.25) is 0 Å². The van der Waals surface area contributed by atoms with Crippen molar-refractivity contribution in [3.8, 4) is 11.5 Å². The molecule has 2 heterocycles. The number of fused-ring (bicyclic) bond motifs is 2. The maximum absolute atomic E-state index is 10.1. The van der Waals surface area contributed by atoms with Gasteiger partial charge in [-0.1, -0.05) is 0 Å². The second-order valence-electron chi connectivity index (χ2n) is 5.18. The van der Waals surface area contributed by atoms with E-state index in [1.54, 1.807) is 0 Å². The van der Waals surface area contributed by atoms with Gasteiger partial charge in [0.1, 0.15) is 17.1 Å². The molecule has 0 spiro atoms. The van der Waals surface area contributed by atoms with Crippen molar-refractivity contribution in [3.05, 3.63) is 28.2 Å². The third kappa shape index (κ3) is 1.56. The molecule has 1 aromatic carbocycles. The molecule has 90 valence electrons. The van der Waals surface area contributed by atoms with E-state index in [0.717, 1.165) is 29.1 Å². The van der Waals surface area contributed by atoms with E-state index in [1.807, 2.05) is 30.8 Å². The average Bonchev–Trinajstić information content (AvgIpc) is 2.64. The summed E-state index contributed by atoms with van der Waals surface area (Å²) < 4.78 is 6.06. The molecular formula is C14H16O2S. The third-order valence-corrected chi connectivity index (χ3v) is 4.75. The zero-order valence-corrected chi connectivity index (χ0v) is 11.1. The van der Waals surface area contributed by atoms with E-state index in [-0.39, 0.29) is 5.60 Å². The first-order valence-corrected chi connectivity index (χ1v) is 6.87. The Balaban J connectivity index is 2.28. The quantitative estimate of drug-likeness (QED) is 0.758. The fourth-order valence-electron chi connectivity index (χ4n) is 2.67.